The molecule has 2 nitrogen and oxygen atoms in total. The summed E-state index contributed by atoms with van der Waals surface area (Å²) in [4.78, 5) is 0. The van der Waals surface area contributed by atoms with Crippen LogP contribution in [0, 0.1) is 0 Å². The molecule has 0 atom stereocenters. The highest BCUT2D eigenvalue weighted by atomic mass is 79.9. The van der Waals surface area contributed by atoms with Gasteiger partial charge in [0, 0.05) is 0 Å². The summed E-state index contributed by atoms with van der Waals surface area (Å²) in [6, 6.07) is 36.9. The molecular formula is C33H20Br2O2. The average Bonchev–Trinajstić information content (AvgIpc) is 3.21. The third kappa shape index (κ3) is 2.97. The Morgan fingerprint density at radius 3 is 1.32 bits per heavy atom. The van der Waals surface area contributed by atoms with Gasteiger partial charge in [-0.1, -0.05) is 97.1 Å². The molecule has 37 heavy (non-hydrogen) atoms. The van der Waals surface area contributed by atoms with Crippen LogP contribution in [0.15, 0.2) is 118 Å². The van der Waals surface area contributed by atoms with Gasteiger partial charge >= 0.3 is 0 Å². The van der Waals surface area contributed by atoms with Gasteiger partial charge in [0.15, 0.2) is 0 Å². The lowest BCUT2D eigenvalue weighted by atomic mass is 9.65. The monoisotopic (exact) mass is 606 g/mol. The first-order chi connectivity index (χ1) is 18.0. The van der Waals surface area contributed by atoms with E-state index in [1.54, 1.807) is 12.1 Å². The van der Waals surface area contributed by atoms with Gasteiger partial charge in [0.1, 0.15) is 11.5 Å². The fraction of sp³-hybridized carbons (Fsp3) is 0.0303. The maximum atomic E-state index is 11.2. The van der Waals surface area contributed by atoms with E-state index in [1.807, 2.05) is 36.4 Å². The molecule has 4 heteroatoms. The van der Waals surface area contributed by atoms with Crippen molar-refractivity contribution in [3.05, 3.63) is 140 Å². The summed E-state index contributed by atoms with van der Waals surface area (Å²) in [5, 5.41) is 26.4. The molecule has 2 N–H and O–H groups in total. The van der Waals surface area contributed by atoms with Gasteiger partial charge in [0.25, 0.3) is 0 Å². The maximum absolute atomic E-state index is 11.2. The van der Waals surface area contributed by atoms with Crippen molar-refractivity contribution < 1.29 is 10.2 Å². The number of hydrogen-bond acceptors (Lipinski definition) is 2. The van der Waals surface area contributed by atoms with Crippen molar-refractivity contribution in [2.24, 2.45) is 0 Å². The Morgan fingerprint density at radius 2 is 0.865 bits per heavy atom. The zero-order valence-corrected chi connectivity index (χ0v) is 22.7. The van der Waals surface area contributed by atoms with Crippen LogP contribution in [0.2, 0.25) is 0 Å². The SMILES string of the molecule is Oc1cc2ccccc2c(C2(c3c(Br)c(O)cc4ccccc34)c3ccccc3-c3ccccc32)c1Br. The Hall–Kier alpha value is -3.60. The van der Waals surface area contributed by atoms with Crippen molar-refractivity contribution in [3.8, 4) is 22.6 Å². The fourth-order valence-corrected chi connectivity index (χ4v) is 7.50. The van der Waals surface area contributed by atoms with Gasteiger partial charge < -0.3 is 10.2 Å². The summed E-state index contributed by atoms with van der Waals surface area (Å²) in [5.41, 5.74) is 5.51. The Kier molecular flexibility index (Phi) is 5.01. The van der Waals surface area contributed by atoms with Crippen molar-refractivity contribution in [1.29, 1.82) is 0 Å². The van der Waals surface area contributed by atoms with E-state index in [4.69, 9.17) is 0 Å². The predicted molar refractivity (Wildman–Crippen MR) is 157 cm³/mol. The van der Waals surface area contributed by atoms with Gasteiger partial charge in [-0.15, -0.1) is 0 Å². The van der Waals surface area contributed by atoms with E-state index in [0.717, 1.165) is 54.9 Å². The predicted octanol–water partition coefficient (Wildman–Crippen LogP) is 9.29. The lowest BCUT2D eigenvalue weighted by molar-refractivity contribution is 0.469. The van der Waals surface area contributed by atoms with Crippen LogP contribution in [0.5, 0.6) is 11.5 Å². The highest BCUT2D eigenvalue weighted by Gasteiger charge is 2.50. The van der Waals surface area contributed by atoms with E-state index in [9.17, 15) is 10.2 Å². The molecule has 0 amide bonds. The number of aromatic hydroxyl groups is 2. The minimum atomic E-state index is -0.846. The smallest absolute Gasteiger partial charge is 0.130 e. The molecule has 6 aromatic carbocycles. The molecule has 0 unspecified atom stereocenters. The minimum absolute atomic E-state index is 0.176. The van der Waals surface area contributed by atoms with Crippen molar-refractivity contribution in [1.82, 2.24) is 0 Å². The second-order valence-electron chi connectivity index (χ2n) is 9.45. The van der Waals surface area contributed by atoms with E-state index in [-0.39, 0.29) is 11.5 Å². The fourth-order valence-electron chi connectivity index (χ4n) is 6.25. The van der Waals surface area contributed by atoms with Crippen molar-refractivity contribution in [3.63, 3.8) is 0 Å². The van der Waals surface area contributed by atoms with Crippen LogP contribution >= 0.6 is 31.9 Å². The molecule has 0 fully saturated rings. The van der Waals surface area contributed by atoms with Gasteiger partial charge in [-0.05, 0) is 98.9 Å². The van der Waals surface area contributed by atoms with Gasteiger partial charge in [-0.25, -0.2) is 0 Å². The number of phenolic OH excluding ortho intramolecular Hbond substituents is 2. The number of fused-ring (bicyclic) bond motifs is 5. The molecule has 0 aliphatic heterocycles. The van der Waals surface area contributed by atoms with Crippen LogP contribution in [0.1, 0.15) is 22.3 Å². The normalized spacial score (nSPS) is 13.6. The molecule has 0 bridgehead atoms. The van der Waals surface area contributed by atoms with E-state index < -0.39 is 5.41 Å². The molecule has 0 saturated heterocycles. The van der Waals surface area contributed by atoms with Crippen molar-refractivity contribution >= 4 is 53.4 Å². The minimum Gasteiger partial charge on any atom is -0.507 e. The van der Waals surface area contributed by atoms with Gasteiger partial charge in [0.05, 0.1) is 14.4 Å². The zero-order chi connectivity index (χ0) is 25.3. The molecular weight excluding hydrogens is 588 g/mol. The summed E-state index contributed by atoms with van der Waals surface area (Å²) >= 11 is 7.65. The Labute approximate surface area is 231 Å². The molecule has 1 aliphatic carbocycles. The third-order valence-electron chi connectivity index (χ3n) is 7.64. The van der Waals surface area contributed by atoms with E-state index in [0.29, 0.717) is 8.95 Å². The van der Waals surface area contributed by atoms with Crippen LogP contribution in [-0.2, 0) is 5.41 Å². The first kappa shape index (κ1) is 22.6. The quantitative estimate of drug-likeness (QED) is 0.206. The van der Waals surface area contributed by atoms with Crippen molar-refractivity contribution in [2.45, 2.75) is 5.41 Å². The lowest BCUT2D eigenvalue weighted by Gasteiger charge is -2.37. The summed E-state index contributed by atoms with van der Waals surface area (Å²) in [6.07, 6.45) is 0. The average molecular weight is 608 g/mol. The maximum Gasteiger partial charge on any atom is 0.130 e. The Balaban J connectivity index is 1.83. The molecule has 1 aliphatic rings. The number of phenols is 2. The number of halogens is 2. The number of hydrogen-bond donors (Lipinski definition) is 2. The number of rotatable bonds is 2. The molecule has 7 rings (SSSR count). The summed E-state index contributed by atoms with van der Waals surface area (Å²) < 4.78 is 1.27. The Bertz CT molecular complexity index is 1750. The zero-order valence-electron chi connectivity index (χ0n) is 19.5. The molecule has 0 aromatic heterocycles. The van der Waals surface area contributed by atoms with Gasteiger partial charge in [-0.2, -0.15) is 0 Å². The van der Waals surface area contributed by atoms with E-state index in [1.165, 1.54) is 0 Å². The van der Waals surface area contributed by atoms with Crippen LogP contribution in [0.25, 0.3) is 32.7 Å². The van der Waals surface area contributed by atoms with Gasteiger partial charge in [0.2, 0.25) is 0 Å². The van der Waals surface area contributed by atoms with Gasteiger partial charge in [-0.3, -0.25) is 0 Å². The summed E-state index contributed by atoms with van der Waals surface area (Å²) in [7, 11) is 0. The van der Waals surface area contributed by atoms with Crippen LogP contribution < -0.4 is 0 Å². The highest BCUT2D eigenvalue weighted by Crippen LogP contribution is 2.62. The largest absolute Gasteiger partial charge is 0.507 e. The molecule has 6 aromatic rings. The van der Waals surface area contributed by atoms with Crippen LogP contribution in [0.4, 0.5) is 0 Å². The van der Waals surface area contributed by atoms with E-state index >= 15 is 0 Å². The Morgan fingerprint density at radius 1 is 0.486 bits per heavy atom. The molecule has 178 valence electrons. The summed E-state index contributed by atoms with van der Waals surface area (Å²) in [5.74, 6) is 0.353. The second-order valence-corrected chi connectivity index (χ2v) is 11.0. The molecule has 0 saturated carbocycles. The first-order valence-electron chi connectivity index (χ1n) is 12.0. The molecule has 0 heterocycles. The molecule has 0 radical (unpaired) electrons. The third-order valence-corrected chi connectivity index (χ3v) is 9.24. The first-order valence-corrected chi connectivity index (χ1v) is 13.6. The number of benzene rings is 6. The topological polar surface area (TPSA) is 40.5 Å². The van der Waals surface area contributed by atoms with Crippen LogP contribution in [-0.4, -0.2) is 10.2 Å². The lowest BCUT2D eigenvalue weighted by Crippen LogP contribution is -2.30. The highest BCUT2D eigenvalue weighted by molar-refractivity contribution is 9.11. The van der Waals surface area contributed by atoms with Crippen molar-refractivity contribution in [2.75, 3.05) is 0 Å². The van der Waals surface area contributed by atoms with Crippen LogP contribution in [0.3, 0.4) is 0 Å². The molecule has 0 spiro atoms. The second kappa shape index (κ2) is 8.20. The van der Waals surface area contributed by atoms with E-state index in [2.05, 4.69) is 92.5 Å². The standard InChI is InChI=1S/C33H20Br2O2/c34-31-27(36)17-19-9-1-3-11-21(19)29(31)33(30-22-12-4-2-10-20(22)18-28(37)32(30)35)25-15-7-5-13-23(25)24-14-6-8-16-26(24)33/h1-18,36-37H. The summed E-state index contributed by atoms with van der Waals surface area (Å²) in [6.45, 7) is 0.